The van der Waals surface area contributed by atoms with Gasteiger partial charge < -0.3 is 5.32 Å². The summed E-state index contributed by atoms with van der Waals surface area (Å²) >= 11 is 6.11. The number of rotatable bonds is 3. The van der Waals surface area contributed by atoms with Gasteiger partial charge in [0.25, 0.3) is 0 Å². The topological polar surface area (TPSA) is 50.7 Å². The van der Waals surface area contributed by atoms with E-state index in [1.54, 1.807) is 12.3 Å². The zero-order valence-corrected chi connectivity index (χ0v) is 12.0. The Morgan fingerprint density at radius 3 is 2.90 bits per heavy atom. The first kappa shape index (κ1) is 12.5. The van der Waals surface area contributed by atoms with E-state index in [4.69, 9.17) is 11.6 Å². The van der Waals surface area contributed by atoms with Crippen molar-refractivity contribution < 1.29 is 0 Å². The molecule has 2 heterocycles. The molecule has 0 bridgehead atoms. The lowest BCUT2D eigenvalue weighted by Gasteiger charge is -2.10. The molecule has 1 N–H and O–H groups in total. The second-order valence-electron chi connectivity index (χ2n) is 5.24. The van der Waals surface area contributed by atoms with E-state index in [-0.39, 0.29) is 0 Å². The van der Waals surface area contributed by atoms with Crippen molar-refractivity contribution in [1.82, 2.24) is 15.0 Å². The smallest absolute Gasteiger partial charge is 0.135 e. The van der Waals surface area contributed by atoms with Gasteiger partial charge in [-0.3, -0.25) is 4.98 Å². The van der Waals surface area contributed by atoms with Gasteiger partial charge in [0.1, 0.15) is 16.8 Å². The number of halogens is 1. The summed E-state index contributed by atoms with van der Waals surface area (Å²) in [5, 5.41) is 6.02. The minimum absolute atomic E-state index is 0.473. The molecule has 1 aliphatic rings. The van der Waals surface area contributed by atoms with Crippen LogP contribution in [0.25, 0.3) is 10.8 Å². The first-order chi connectivity index (χ1) is 10.3. The van der Waals surface area contributed by atoms with Gasteiger partial charge in [0.05, 0.1) is 0 Å². The van der Waals surface area contributed by atoms with E-state index in [1.807, 2.05) is 30.5 Å². The first-order valence-corrected chi connectivity index (χ1v) is 7.31. The van der Waals surface area contributed by atoms with Crippen LogP contribution in [0.5, 0.6) is 0 Å². The number of hydrogen-bond acceptors (Lipinski definition) is 4. The highest BCUT2D eigenvalue weighted by atomic mass is 35.5. The van der Waals surface area contributed by atoms with Gasteiger partial charge in [-0.05, 0) is 25.0 Å². The number of nitrogens with one attached hydrogen (secondary N) is 1. The minimum Gasteiger partial charge on any atom is -0.340 e. The molecule has 0 saturated heterocycles. The fraction of sp³-hybridized carbons (Fsp3) is 0.188. The number of pyridine rings is 1. The molecule has 104 valence electrons. The van der Waals surface area contributed by atoms with Gasteiger partial charge in [-0.1, -0.05) is 23.7 Å². The summed E-state index contributed by atoms with van der Waals surface area (Å²) < 4.78 is 0. The number of benzene rings is 1. The molecular weight excluding hydrogens is 284 g/mol. The third-order valence-corrected chi connectivity index (χ3v) is 3.79. The molecule has 0 unspecified atom stereocenters. The normalized spacial score (nSPS) is 14.3. The summed E-state index contributed by atoms with van der Waals surface area (Å²) in [4.78, 5) is 13.0. The average molecular weight is 297 g/mol. The maximum atomic E-state index is 6.11. The zero-order valence-electron chi connectivity index (χ0n) is 11.3. The van der Waals surface area contributed by atoms with Gasteiger partial charge in [0.15, 0.2) is 0 Å². The summed E-state index contributed by atoms with van der Waals surface area (Å²) in [6, 6.07) is 9.80. The van der Waals surface area contributed by atoms with Gasteiger partial charge in [-0.15, -0.1) is 0 Å². The van der Waals surface area contributed by atoms with Crippen LogP contribution in [-0.4, -0.2) is 15.0 Å². The molecule has 0 spiro atoms. The largest absolute Gasteiger partial charge is 0.340 e. The van der Waals surface area contributed by atoms with Crippen molar-refractivity contribution in [2.45, 2.75) is 18.8 Å². The zero-order chi connectivity index (χ0) is 14.2. The van der Waals surface area contributed by atoms with Crippen molar-refractivity contribution in [3.05, 3.63) is 53.7 Å². The number of fused-ring (bicyclic) bond motifs is 1. The highest BCUT2D eigenvalue weighted by Crippen LogP contribution is 2.39. The van der Waals surface area contributed by atoms with E-state index in [2.05, 4.69) is 20.3 Å². The van der Waals surface area contributed by atoms with Gasteiger partial charge in [-0.2, -0.15) is 0 Å². The van der Waals surface area contributed by atoms with Crippen LogP contribution in [0.3, 0.4) is 0 Å². The van der Waals surface area contributed by atoms with E-state index >= 15 is 0 Å². The Balaban J connectivity index is 1.74. The maximum Gasteiger partial charge on any atom is 0.135 e. The SMILES string of the molecule is Clc1cc(Nc2cccc3cnccc23)nc(C2CC2)n1. The average Bonchev–Trinajstić information content (AvgIpc) is 3.32. The van der Waals surface area contributed by atoms with Gasteiger partial charge >= 0.3 is 0 Å². The molecule has 0 radical (unpaired) electrons. The number of hydrogen-bond donors (Lipinski definition) is 1. The number of anilines is 2. The fourth-order valence-electron chi connectivity index (χ4n) is 2.39. The molecule has 21 heavy (non-hydrogen) atoms. The summed E-state index contributed by atoms with van der Waals surface area (Å²) in [6.07, 6.45) is 5.94. The summed E-state index contributed by atoms with van der Waals surface area (Å²) in [5.74, 6) is 2.05. The van der Waals surface area contributed by atoms with Gasteiger partial charge in [-0.25, -0.2) is 9.97 Å². The summed E-state index contributed by atoms with van der Waals surface area (Å²) in [5.41, 5.74) is 0.992. The lowest BCUT2D eigenvalue weighted by Crippen LogP contribution is -2.00. The van der Waals surface area contributed by atoms with Gasteiger partial charge in [0, 0.05) is 40.8 Å². The van der Waals surface area contributed by atoms with Crippen LogP contribution < -0.4 is 5.32 Å². The molecule has 0 amide bonds. The third-order valence-electron chi connectivity index (χ3n) is 3.60. The highest BCUT2D eigenvalue weighted by Gasteiger charge is 2.27. The van der Waals surface area contributed by atoms with Crippen LogP contribution >= 0.6 is 11.6 Å². The fourth-order valence-corrected chi connectivity index (χ4v) is 2.58. The molecule has 4 rings (SSSR count). The van der Waals surface area contributed by atoms with Crippen molar-refractivity contribution in [2.24, 2.45) is 0 Å². The molecule has 2 aromatic heterocycles. The van der Waals surface area contributed by atoms with Crippen LogP contribution in [0.1, 0.15) is 24.6 Å². The van der Waals surface area contributed by atoms with Crippen LogP contribution in [-0.2, 0) is 0 Å². The lowest BCUT2D eigenvalue weighted by molar-refractivity contribution is 0.931. The Bertz CT molecular complexity index is 809. The highest BCUT2D eigenvalue weighted by molar-refractivity contribution is 6.29. The number of nitrogens with zero attached hydrogens (tertiary/aromatic N) is 3. The third kappa shape index (κ3) is 2.54. The van der Waals surface area contributed by atoms with Crippen molar-refractivity contribution in [3.63, 3.8) is 0 Å². The monoisotopic (exact) mass is 296 g/mol. The summed E-state index contributed by atoms with van der Waals surface area (Å²) in [6.45, 7) is 0. The Morgan fingerprint density at radius 2 is 2.05 bits per heavy atom. The van der Waals surface area contributed by atoms with Crippen molar-refractivity contribution >= 4 is 33.9 Å². The molecule has 1 fully saturated rings. The van der Waals surface area contributed by atoms with Gasteiger partial charge in [0.2, 0.25) is 0 Å². The molecule has 0 atom stereocenters. The van der Waals surface area contributed by atoms with E-state index in [0.717, 1.165) is 40.9 Å². The Morgan fingerprint density at radius 1 is 1.14 bits per heavy atom. The first-order valence-electron chi connectivity index (χ1n) is 6.94. The lowest BCUT2D eigenvalue weighted by atomic mass is 10.1. The summed E-state index contributed by atoms with van der Waals surface area (Å²) in [7, 11) is 0. The molecule has 1 aromatic carbocycles. The molecule has 1 saturated carbocycles. The van der Waals surface area contributed by atoms with E-state index in [1.165, 1.54) is 0 Å². The van der Waals surface area contributed by atoms with Crippen LogP contribution in [0.15, 0.2) is 42.7 Å². The van der Waals surface area contributed by atoms with E-state index in [9.17, 15) is 0 Å². The molecule has 0 aliphatic heterocycles. The molecule has 1 aliphatic carbocycles. The van der Waals surface area contributed by atoms with Crippen molar-refractivity contribution in [2.75, 3.05) is 5.32 Å². The Hall–Kier alpha value is -2.20. The molecule has 4 nitrogen and oxygen atoms in total. The number of aromatic nitrogens is 3. The minimum atomic E-state index is 0.473. The molecule has 3 aromatic rings. The standard InChI is InChI=1S/C16H13ClN4/c17-14-8-15(21-16(20-14)10-4-5-10)19-13-3-1-2-11-9-18-7-6-12(11)13/h1-3,6-10H,4-5H2,(H,19,20,21). The van der Waals surface area contributed by atoms with Crippen LogP contribution in [0.4, 0.5) is 11.5 Å². The second kappa shape index (κ2) is 4.97. The van der Waals surface area contributed by atoms with Crippen molar-refractivity contribution in [3.8, 4) is 0 Å². The van der Waals surface area contributed by atoms with Crippen LogP contribution in [0.2, 0.25) is 5.15 Å². The Kier molecular flexibility index (Phi) is 2.97. The second-order valence-corrected chi connectivity index (χ2v) is 5.62. The Labute approximate surface area is 127 Å². The predicted octanol–water partition coefficient (Wildman–Crippen LogP) is 4.30. The van der Waals surface area contributed by atoms with E-state index < -0.39 is 0 Å². The molecule has 5 heteroatoms. The van der Waals surface area contributed by atoms with E-state index in [0.29, 0.717) is 11.1 Å². The van der Waals surface area contributed by atoms with Crippen LogP contribution in [0, 0.1) is 0 Å². The predicted molar refractivity (Wildman–Crippen MR) is 84.0 cm³/mol. The maximum absolute atomic E-state index is 6.11. The van der Waals surface area contributed by atoms with Crippen molar-refractivity contribution in [1.29, 1.82) is 0 Å². The quantitative estimate of drug-likeness (QED) is 0.732. The molecular formula is C16H13ClN4.